The molecule has 1 fully saturated rings. The van der Waals surface area contributed by atoms with Gasteiger partial charge in [-0.2, -0.15) is 0 Å². The highest BCUT2D eigenvalue weighted by molar-refractivity contribution is 7.17. The minimum absolute atomic E-state index is 0.0158. The van der Waals surface area contributed by atoms with Crippen LogP contribution in [0.25, 0.3) is 10.4 Å². The molecule has 2 heterocycles. The Morgan fingerprint density at radius 2 is 1.85 bits per heavy atom. The van der Waals surface area contributed by atoms with Gasteiger partial charge in [0.15, 0.2) is 0 Å². The van der Waals surface area contributed by atoms with E-state index in [1.807, 2.05) is 61.5 Å². The molecule has 1 aromatic heterocycles. The van der Waals surface area contributed by atoms with E-state index >= 15 is 0 Å². The first-order chi connectivity index (χ1) is 16.0. The molecule has 33 heavy (non-hydrogen) atoms. The van der Waals surface area contributed by atoms with Gasteiger partial charge in [0.05, 0.1) is 6.61 Å². The zero-order valence-electron chi connectivity index (χ0n) is 18.8. The van der Waals surface area contributed by atoms with Crippen LogP contribution in [0.4, 0.5) is 5.69 Å². The lowest BCUT2D eigenvalue weighted by molar-refractivity contribution is -0.123. The molecule has 0 unspecified atom stereocenters. The molecule has 0 atom stereocenters. The summed E-state index contributed by atoms with van der Waals surface area (Å²) in [5.41, 5.74) is 8.37. The summed E-state index contributed by atoms with van der Waals surface area (Å²) in [6, 6.07) is 19.8. The van der Waals surface area contributed by atoms with E-state index in [2.05, 4.69) is 16.3 Å². The fourth-order valence-corrected chi connectivity index (χ4v) is 5.11. The van der Waals surface area contributed by atoms with Crippen LogP contribution in [-0.4, -0.2) is 36.4 Å². The molecule has 1 saturated heterocycles. The zero-order chi connectivity index (χ0) is 23.2. The highest BCUT2D eigenvalue weighted by atomic mass is 32.1. The van der Waals surface area contributed by atoms with Gasteiger partial charge in [0.1, 0.15) is 10.6 Å². The molecule has 1 aliphatic rings. The number of hydrogen-bond donors (Lipinski definition) is 2. The van der Waals surface area contributed by atoms with Crippen LogP contribution < -0.4 is 15.8 Å². The van der Waals surface area contributed by atoms with Crippen molar-refractivity contribution >= 4 is 28.8 Å². The quantitative estimate of drug-likeness (QED) is 0.504. The van der Waals surface area contributed by atoms with E-state index in [9.17, 15) is 9.59 Å². The van der Waals surface area contributed by atoms with Crippen LogP contribution in [0.15, 0.2) is 60.7 Å². The Morgan fingerprint density at radius 1 is 1.09 bits per heavy atom. The van der Waals surface area contributed by atoms with Gasteiger partial charge in [-0.15, -0.1) is 11.3 Å². The maximum absolute atomic E-state index is 13.1. The van der Waals surface area contributed by atoms with E-state index in [0.29, 0.717) is 17.2 Å². The largest absolute Gasteiger partial charge is 0.492 e. The van der Waals surface area contributed by atoms with Gasteiger partial charge in [0.25, 0.3) is 5.91 Å². The van der Waals surface area contributed by atoms with Gasteiger partial charge in [-0.3, -0.25) is 14.5 Å². The number of benzene rings is 2. The van der Waals surface area contributed by atoms with Gasteiger partial charge in [-0.05, 0) is 62.2 Å². The third-order valence-electron chi connectivity index (χ3n) is 5.84. The Kier molecular flexibility index (Phi) is 7.42. The average Bonchev–Trinajstić information content (AvgIpc) is 3.25. The summed E-state index contributed by atoms with van der Waals surface area (Å²) in [7, 11) is 0. The molecule has 2 aromatic carbocycles. The van der Waals surface area contributed by atoms with Crippen molar-refractivity contribution in [1.82, 2.24) is 4.90 Å². The minimum Gasteiger partial charge on any atom is -0.492 e. The second-order valence-electron chi connectivity index (χ2n) is 8.21. The topological polar surface area (TPSA) is 84.7 Å². The fraction of sp³-hybridized carbons (Fsp3) is 0.308. The average molecular weight is 464 g/mol. The molecule has 1 aliphatic heterocycles. The number of primary amides is 1. The standard InChI is InChI=1S/C26H29N3O3S/c1-2-32-22-16-23(19-8-4-3-5-9-19)33-24(22)26(31)28-21-10-6-7-18(15-21)17-29-13-11-20(12-14-29)25(27)30/h3-10,15-16,20H,2,11-14,17H2,1H3,(H2,27,30)(H,28,31). The number of carbonyl (C=O) groups excluding carboxylic acids is 2. The number of ether oxygens (including phenoxy) is 1. The number of likely N-dealkylation sites (tertiary alicyclic amines) is 1. The van der Waals surface area contributed by atoms with Crippen molar-refractivity contribution in [2.75, 3.05) is 25.0 Å². The molecule has 7 heteroatoms. The first kappa shape index (κ1) is 23.0. The van der Waals surface area contributed by atoms with E-state index in [1.54, 1.807) is 0 Å². The summed E-state index contributed by atoms with van der Waals surface area (Å²) in [4.78, 5) is 28.4. The molecule has 0 bridgehead atoms. The lowest BCUT2D eigenvalue weighted by atomic mass is 9.96. The summed E-state index contributed by atoms with van der Waals surface area (Å²) in [6.07, 6.45) is 1.60. The third kappa shape index (κ3) is 5.80. The maximum atomic E-state index is 13.1. The van der Waals surface area contributed by atoms with Crippen LogP contribution in [0.5, 0.6) is 5.75 Å². The number of piperidine rings is 1. The summed E-state index contributed by atoms with van der Waals surface area (Å²) in [5.74, 6) is 0.213. The van der Waals surface area contributed by atoms with Gasteiger partial charge < -0.3 is 15.8 Å². The van der Waals surface area contributed by atoms with Gasteiger partial charge in [-0.25, -0.2) is 0 Å². The van der Waals surface area contributed by atoms with Gasteiger partial charge >= 0.3 is 0 Å². The van der Waals surface area contributed by atoms with Crippen molar-refractivity contribution in [3.63, 3.8) is 0 Å². The molecule has 2 amide bonds. The molecule has 4 rings (SSSR count). The normalized spacial score (nSPS) is 14.7. The van der Waals surface area contributed by atoms with Crippen LogP contribution in [0.2, 0.25) is 0 Å². The third-order valence-corrected chi connectivity index (χ3v) is 7.01. The number of nitrogens with zero attached hydrogens (tertiary/aromatic N) is 1. The van der Waals surface area contributed by atoms with Gasteiger partial charge in [0, 0.05) is 23.0 Å². The minimum atomic E-state index is -0.199. The van der Waals surface area contributed by atoms with Crippen molar-refractivity contribution < 1.29 is 14.3 Å². The highest BCUT2D eigenvalue weighted by Gasteiger charge is 2.23. The van der Waals surface area contributed by atoms with Gasteiger partial charge in [-0.1, -0.05) is 42.5 Å². The molecule has 3 aromatic rings. The second kappa shape index (κ2) is 10.6. The van der Waals surface area contributed by atoms with Crippen molar-refractivity contribution in [1.29, 1.82) is 0 Å². The second-order valence-corrected chi connectivity index (χ2v) is 9.26. The molecule has 3 N–H and O–H groups in total. The Balaban J connectivity index is 1.45. The number of nitrogens with one attached hydrogen (secondary N) is 1. The monoisotopic (exact) mass is 463 g/mol. The number of thiophene rings is 1. The van der Waals surface area contributed by atoms with E-state index < -0.39 is 0 Å². The number of anilines is 1. The lowest BCUT2D eigenvalue weighted by Crippen LogP contribution is -2.38. The molecular weight excluding hydrogens is 434 g/mol. The Labute approximate surface area is 198 Å². The van der Waals surface area contributed by atoms with Crippen LogP contribution in [-0.2, 0) is 11.3 Å². The molecule has 0 spiro atoms. The summed E-state index contributed by atoms with van der Waals surface area (Å²) >= 11 is 1.43. The summed E-state index contributed by atoms with van der Waals surface area (Å²) in [5, 5.41) is 3.03. The highest BCUT2D eigenvalue weighted by Crippen LogP contribution is 2.37. The number of nitrogens with two attached hydrogens (primary N) is 1. The van der Waals surface area contributed by atoms with E-state index in [-0.39, 0.29) is 17.7 Å². The van der Waals surface area contributed by atoms with Crippen molar-refractivity contribution in [3.8, 4) is 16.2 Å². The Hall–Kier alpha value is -3.16. The van der Waals surface area contributed by atoms with E-state index in [0.717, 1.165) is 54.2 Å². The molecule has 6 nitrogen and oxygen atoms in total. The van der Waals surface area contributed by atoms with Crippen LogP contribution >= 0.6 is 11.3 Å². The Morgan fingerprint density at radius 3 is 2.55 bits per heavy atom. The number of hydrogen-bond acceptors (Lipinski definition) is 5. The van der Waals surface area contributed by atoms with Crippen molar-refractivity contribution in [2.45, 2.75) is 26.3 Å². The summed E-state index contributed by atoms with van der Waals surface area (Å²) < 4.78 is 5.76. The predicted octanol–water partition coefficient (Wildman–Crippen LogP) is 4.76. The molecule has 0 radical (unpaired) electrons. The molecular formula is C26H29N3O3S. The smallest absolute Gasteiger partial charge is 0.269 e. The predicted molar refractivity (Wildman–Crippen MR) is 133 cm³/mol. The SMILES string of the molecule is CCOc1cc(-c2ccccc2)sc1C(=O)Nc1cccc(CN2CCC(C(N)=O)CC2)c1. The van der Waals surface area contributed by atoms with E-state index in [1.165, 1.54) is 11.3 Å². The maximum Gasteiger partial charge on any atom is 0.269 e. The lowest BCUT2D eigenvalue weighted by Gasteiger charge is -2.30. The van der Waals surface area contributed by atoms with Crippen molar-refractivity contribution in [3.05, 3.63) is 71.1 Å². The fourth-order valence-electron chi connectivity index (χ4n) is 4.11. The van der Waals surface area contributed by atoms with Crippen LogP contribution in [0.3, 0.4) is 0 Å². The summed E-state index contributed by atoms with van der Waals surface area (Å²) in [6.45, 7) is 4.87. The Bertz CT molecular complexity index is 1100. The van der Waals surface area contributed by atoms with E-state index in [4.69, 9.17) is 10.5 Å². The number of amides is 2. The molecule has 0 aliphatic carbocycles. The van der Waals surface area contributed by atoms with Gasteiger partial charge in [0.2, 0.25) is 5.91 Å². The number of rotatable bonds is 8. The van der Waals surface area contributed by atoms with Crippen molar-refractivity contribution in [2.24, 2.45) is 11.7 Å². The first-order valence-corrected chi connectivity index (χ1v) is 12.1. The zero-order valence-corrected chi connectivity index (χ0v) is 19.6. The molecule has 0 saturated carbocycles. The first-order valence-electron chi connectivity index (χ1n) is 11.3. The van der Waals surface area contributed by atoms with Crippen LogP contribution in [0, 0.1) is 5.92 Å². The molecule has 172 valence electrons. The van der Waals surface area contributed by atoms with Crippen LogP contribution in [0.1, 0.15) is 35.0 Å². The number of carbonyl (C=O) groups is 2.